The Bertz CT molecular complexity index is 527. The van der Waals surface area contributed by atoms with Gasteiger partial charge >= 0.3 is 0 Å². The smallest absolute Gasteiger partial charge is 0.154 e. The molecule has 110 valence electrons. The van der Waals surface area contributed by atoms with E-state index in [1.54, 1.807) is 0 Å². The molecule has 0 unspecified atom stereocenters. The van der Waals surface area contributed by atoms with Gasteiger partial charge in [-0.15, -0.1) is 20.5 Å². The molecule has 8 heteroatoms. The Balaban J connectivity index is 1.44. The molecule has 0 bridgehead atoms. The van der Waals surface area contributed by atoms with E-state index in [1.807, 2.05) is 0 Å². The SMILES string of the molecule is C1CCCCC2(N=N2)C2(N=N2)C2(N=N2)C2(CCCC1)N=N2. The summed E-state index contributed by atoms with van der Waals surface area (Å²) < 4.78 is 0. The van der Waals surface area contributed by atoms with Crippen molar-refractivity contribution in [3.05, 3.63) is 0 Å². The maximum absolute atomic E-state index is 4.34. The molecular formula is C13H18N8. The summed E-state index contributed by atoms with van der Waals surface area (Å²) in [6, 6.07) is 0. The van der Waals surface area contributed by atoms with Crippen LogP contribution in [0.15, 0.2) is 40.9 Å². The highest BCUT2D eigenvalue weighted by atomic mass is 15.7. The summed E-state index contributed by atoms with van der Waals surface area (Å²) in [7, 11) is 0. The zero-order valence-corrected chi connectivity index (χ0v) is 11.9. The summed E-state index contributed by atoms with van der Waals surface area (Å²) in [5.74, 6) is 0. The van der Waals surface area contributed by atoms with E-state index in [0.29, 0.717) is 0 Å². The van der Waals surface area contributed by atoms with Gasteiger partial charge < -0.3 is 0 Å². The van der Waals surface area contributed by atoms with E-state index in [1.165, 1.54) is 32.1 Å². The first-order valence-electron chi connectivity index (χ1n) is 8.05. The molecule has 0 aromatic heterocycles. The lowest BCUT2D eigenvalue weighted by Gasteiger charge is -2.26. The maximum atomic E-state index is 4.34. The fourth-order valence-corrected chi connectivity index (χ4v) is 3.83. The largest absolute Gasteiger partial charge is 0.291 e. The summed E-state index contributed by atoms with van der Waals surface area (Å²) in [6.45, 7) is 0. The summed E-state index contributed by atoms with van der Waals surface area (Å²) in [5, 5.41) is 34.7. The first kappa shape index (κ1) is 12.0. The number of nitrogens with zero attached hydrogens (tertiary/aromatic N) is 8. The first-order chi connectivity index (χ1) is 10.3. The number of hydrogen-bond acceptors (Lipinski definition) is 8. The van der Waals surface area contributed by atoms with E-state index < -0.39 is 22.7 Å². The standard InChI is InChI=1S/C13H18N8/c1-2-4-6-8-10(14-15-10)12(18-19-12)13(20-21-13)11(16-17-11)9-7-5-3-1/h1-9H2. The van der Waals surface area contributed by atoms with Crippen molar-refractivity contribution in [2.45, 2.75) is 80.4 Å². The Morgan fingerprint density at radius 1 is 0.381 bits per heavy atom. The Morgan fingerprint density at radius 2 is 0.714 bits per heavy atom. The van der Waals surface area contributed by atoms with Crippen molar-refractivity contribution < 1.29 is 0 Å². The zero-order chi connectivity index (χ0) is 14.0. The van der Waals surface area contributed by atoms with Crippen LogP contribution in [-0.2, 0) is 0 Å². The summed E-state index contributed by atoms with van der Waals surface area (Å²) in [5.41, 5.74) is -2.49. The number of fused-ring (bicyclic) bond motifs is 3. The maximum Gasteiger partial charge on any atom is 0.291 e. The van der Waals surface area contributed by atoms with E-state index >= 15 is 0 Å². The average molecular weight is 286 g/mol. The lowest BCUT2D eigenvalue weighted by atomic mass is 9.78. The molecule has 0 aromatic carbocycles. The van der Waals surface area contributed by atoms with E-state index in [-0.39, 0.29) is 0 Å². The van der Waals surface area contributed by atoms with Crippen LogP contribution in [0.4, 0.5) is 0 Å². The van der Waals surface area contributed by atoms with Crippen molar-refractivity contribution in [2.24, 2.45) is 40.9 Å². The van der Waals surface area contributed by atoms with Crippen molar-refractivity contribution in [3.8, 4) is 0 Å². The van der Waals surface area contributed by atoms with Crippen molar-refractivity contribution in [1.29, 1.82) is 0 Å². The minimum atomic E-state index is -0.725. The third kappa shape index (κ3) is 1.40. The van der Waals surface area contributed by atoms with Gasteiger partial charge in [-0.3, -0.25) is 0 Å². The van der Waals surface area contributed by atoms with Gasteiger partial charge in [0.25, 0.3) is 11.3 Å². The predicted octanol–water partition coefficient (Wildman–Crippen LogP) is 4.16. The van der Waals surface area contributed by atoms with Crippen molar-refractivity contribution >= 4 is 0 Å². The van der Waals surface area contributed by atoms with Crippen LogP contribution in [0.1, 0.15) is 57.8 Å². The summed E-state index contributed by atoms with van der Waals surface area (Å²) in [4.78, 5) is 0. The highest BCUT2D eigenvalue weighted by Crippen LogP contribution is 2.70. The van der Waals surface area contributed by atoms with Gasteiger partial charge in [-0.05, 0) is 12.8 Å². The third-order valence-corrected chi connectivity index (χ3v) is 5.44. The Kier molecular flexibility index (Phi) is 2.05. The summed E-state index contributed by atoms with van der Waals surface area (Å²) >= 11 is 0. The van der Waals surface area contributed by atoms with Gasteiger partial charge in [0, 0.05) is 12.8 Å². The summed E-state index contributed by atoms with van der Waals surface area (Å²) in [6.07, 6.45) is 10.3. The minimum Gasteiger partial charge on any atom is -0.154 e. The molecule has 0 aromatic rings. The molecule has 5 aliphatic rings. The molecule has 21 heavy (non-hydrogen) atoms. The normalized spacial score (nSPS) is 34.7. The van der Waals surface area contributed by atoms with Crippen LogP contribution < -0.4 is 0 Å². The fourth-order valence-electron chi connectivity index (χ4n) is 3.83. The lowest BCUT2D eigenvalue weighted by molar-refractivity contribution is 0.229. The lowest BCUT2D eigenvalue weighted by Crippen LogP contribution is -2.55. The van der Waals surface area contributed by atoms with Crippen LogP contribution >= 0.6 is 0 Å². The van der Waals surface area contributed by atoms with Crippen LogP contribution in [0, 0.1) is 0 Å². The molecule has 1 fully saturated rings. The number of hydrogen-bond donors (Lipinski definition) is 0. The molecule has 0 atom stereocenters. The van der Waals surface area contributed by atoms with Gasteiger partial charge in [0.05, 0.1) is 0 Å². The first-order valence-corrected chi connectivity index (χ1v) is 8.05. The second-order valence-electron chi connectivity index (χ2n) is 6.75. The Hall–Kier alpha value is -1.60. The molecule has 4 heterocycles. The number of rotatable bonds is 0. The molecule has 1 saturated carbocycles. The van der Waals surface area contributed by atoms with Crippen molar-refractivity contribution in [3.63, 3.8) is 0 Å². The van der Waals surface area contributed by atoms with Crippen LogP contribution in [0.2, 0.25) is 0 Å². The van der Waals surface area contributed by atoms with Gasteiger partial charge in [-0.25, -0.2) is 0 Å². The van der Waals surface area contributed by atoms with E-state index in [4.69, 9.17) is 0 Å². The predicted molar refractivity (Wildman–Crippen MR) is 71.9 cm³/mol. The molecule has 4 aliphatic heterocycles. The van der Waals surface area contributed by atoms with E-state index in [9.17, 15) is 0 Å². The molecule has 0 amide bonds. The minimum absolute atomic E-state index is 0.523. The van der Waals surface area contributed by atoms with E-state index in [0.717, 1.165) is 25.7 Å². The molecule has 0 saturated heterocycles. The Morgan fingerprint density at radius 3 is 1.00 bits per heavy atom. The van der Waals surface area contributed by atoms with Gasteiger partial charge in [0.2, 0.25) is 11.3 Å². The average Bonchev–Trinajstić information content (AvgIpc) is 3.34. The Labute approximate surface area is 122 Å². The fraction of sp³-hybridized carbons (Fsp3) is 1.00. The monoisotopic (exact) mass is 286 g/mol. The second-order valence-corrected chi connectivity index (χ2v) is 6.75. The topological polar surface area (TPSA) is 98.9 Å². The van der Waals surface area contributed by atoms with Crippen LogP contribution in [-0.4, -0.2) is 22.7 Å². The van der Waals surface area contributed by atoms with Crippen LogP contribution in [0.25, 0.3) is 0 Å². The molecule has 8 nitrogen and oxygen atoms in total. The highest BCUT2D eigenvalue weighted by molar-refractivity contribution is 5.38. The van der Waals surface area contributed by atoms with E-state index in [2.05, 4.69) is 40.9 Å². The van der Waals surface area contributed by atoms with Crippen LogP contribution in [0.3, 0.4) is 0 Å². The highest BCUT2D eigenvalue weighted by Gasteiger charge is 2.89. The van der Waals surface area contributed by atoms with Gasteiger partial charge in [0.1, 0.15) is 0 Å². The molecule has 0 radical (unpaired) electrons. The van der Waals surface area contributed by atoms with Gasteiger partial charge in [0.15, 0.2) is 0 Å². The second kappa shape index (κ2) is 3.59. The quantitative estimate of drug-likeness (QED) is 0.638. The zero-order valence-electron chi connectivity index (χ0n) is 11.9. The third-order valence-electron chi connectivity index (χ3n) is 5.44. The van der Waals surface area contributed by atoms with Crippen molar-refractivity contribution in [1.82, 2.24) is 0 Å². The molecule has 1 aliphatic carbocycles. The molecule has 0 N–H and O–H groups in total. The van der Waals surface area contributed by atoms with Crippen molar-refractivity contribution in [2.75, 3.05) is 0 Å². The molecular weight excluding hydrogens is 268 g/mol. The van der Waals surface area contributed by atoms with Gasteiger partial charge in [-0.2, -0.15) is 20.5 Å². The van der Waals surface area contributed by atoms with Gasteiger partial charge in [-0.1, -0.05) is 32.1 Å². The molecule has 5 rings (SSSR count). The van der Waals surface area contributed by atoms with Crippen LogP contribution in [0.5, 0.6) is 0 Å². The molecule has 4 spiro atoms.